The van der Waals surface area contributed by atoms with Gasteiger partial charge in [-0.2, -0.15) is 0 Å². The van der Waals surface area contributed by atoms with Crippen molar-refractivity contribution in [3.05, 3.63) is 42.5 Å². The van der Waals surface area contributed by atoms with Gasteiger partial charge in [0.05, 0.1) is 33.0 Å². The third-order valence-electron chi connectivity index (χ3n) is 3.02. The fourth-order valence-corrected chi connectivity index (χ4v) is 1.81. The Kier molecular flexibility index (Phi) is 8.69. The van der Waals surface area contributed by atoms with Crippen molar-refractivity contribution in [2.24, 2.45) is 0 Å². The average molecular weight is 296 g/mol. The van der Waals surface area contributed by atoms with Crippen molar-refractivity contribution in [1.29, 1.82) is 0 Å². The van der Waals surface area contributed by atoms with Gasteiger partial charge in [0.1, 0.15) is 11.9 Å². The van der Waals surface area contributed by atoms with Crippen LogP contribution in [0.25, 0.3) is 0 Å². The van der Waals surface area contributed by atoms with E-state index in [2.05, 4.69) is 6.58 Å². The van der Waals surface area contributed by atoms with Crippen LogP contribution in [0.2, 0.25) is 0 Å². The van der Waals surface area contributed by atoms with E-state index in [1.54, 1.807) is 13.2 Å². The standard InChI is InChI=1S/C16H24O5/c1-3-9-21-16(15(18)11-17)8-10-20-12-13-4-6-14(19-2)7-5-13/h3-7,15-18H,1,8-12H2,2H3/t15-,16+/m1/s1. The second kappa shape index (κ2) is 10.3. The summed E-state index contributed by atoms with van der Waals surface area (Å²) in [5.41, 5.74) is 1.04. The molecule has 5 heteroatoms. The lowest BCUT2D eigenvalue weighted by Gasteiger charge is -2.21. The summed E-state index contributed by atoms with van der Waals surface area (Å²) in [5, 5.41) is 18.6. The maximum Gasteiger partial charge on any atom is 0.118 e. The van der Waals surface area contributed by atoms with Crippen LogP contribution in [-0.2, 0) is 16.1 Å². The van der Waals surface area contributed by atoms with Crippen LogP contribution in [0, 0.1) is 0 Å². The van der Waals surface area contributed by atoms with Gasteiger partial charge in [-0.3, -0.25) is 0 Å². The fourth-order valence-electron chi connectivity index (χ4n) is 1.81. The summed E-state index contributed by atoms with van der Waals surface area (Å²) in [5.74, 6) is 0.808. The molecule has 0 aliphatic rings. The van der Waals surface area contributed by atoms with Gasteiger partial charge in [-0.25, -0.2) is 0 Å². The van der Waals surface area contributed by atoms with Crippen LogP contribution < -0.4 is 4.74 Å². The Balaban J connectivity index is 2.30. The Morgan fingerprint density at radius 3 is 2.57 bits per heavy atom. The first-order chi connectivity index (χ1) is 10.2. The maximum atomic E-state index is 9.64. The van der Waals surface area contributed by atoms with E-state index in [4.69, 9.17) is 19.3 Å². The molecule has 118 valence electrons. The lowest BCUT2D eigenvalue weighted by Crippen LogP contribution is -2.33. The Bertz CT molecular complexity index is 390. The summed E-state index contributed by atoms with van der Waals surface area (Å²) < 4.78 is 16.0. The summed E-state index contributed by atoms with van der Waals surface area (Å²) in [4.78, 5) is 0. The molecule has 0 saturated heterocycles. The first-order valence-electron chi connectivity index (χ1n) is 6.93. The highest BCUT2D eigenvalue weighted by Gasteiger charge is 2.18. The molecule has 0 radical (unpaired) electrons. The number of aliphatic hydroxyl groups excluding tert-OH is 2. The second-order valence-corrected chi connectivity index (χ2v) is 4.60. The van der Waals surface area contributed by atoms with Gasteiger partial charge < -0.3 is 24.4 Å². The molecule has 0 heterocycles. The number of methoxy groups -OCH3 is 1. The Labute approximate surface area is 125 Å². The van der Waals surface area contributed by atoms with Crippen molar-refractivity contribution in [1.82, 2.24) is 0 Å². The van der Waals surface area contributed by atoms with Crippen molar-refractivity contribution >= 4 is 0 Å². The molecule has 2 N–H and O–H groups in total. The van der Waals surface area contributed by atoms with Gasteiger partial charge in [-0.1, -0.05) is 18.2 Å². The monoisotopic (exact) mass is 296 g/mol. The van der Waals surface area contributed by atoms with E-state index in [0.717, 1.165) is 11.3 Å². The lowest BCUT2D eigenvalue weighted by molar-refractivity contribution is -0.0635. The minimum Gasteiger partial charge on any atom is -0.497 e. The van der Waals surface area contributed by atoms with E-state index in [-0.39, 0.29) is 6.61 Å². The van der Waals surface area contributed by atoms with E-state index in [9.17, 15) is 5.11 Å². The minimum atomic E-state index is -0.908. The predicted octanol–water partition coefficient (Wildman–Crippen LogP) is 1.53. The number of benzene rings is 1. The maximum absolute atomic E-state index is 9.64. The lowest BCUT2D eigenvalue weighted by atomic mass is 10.1. The summed E-state index contributed by atoms with van der Waals surface area (Å²) in [6.45, 7) is 4.47. The van der Waals surface area contributed by atoms with Gasteiger partial charge in [0, 0.05) is 6.61 Å². The smallest absolute Gasteiger partial charge is 0.118 e. The molecule has 21 heavy (non-hydrogen) atoms. The van der Waals surface area contributed by atoms with Gasteiger partial charge in [0.2, 0.25) is 0 Å². The number of hydrogen-bond acceptors (Lipinski definition) is 5. The molecule has 0 bridgehead atoms. The number of hydrogen-bond donors (Lipinski definition) is 2. The molecular weight excluding hydrogens is 272 g/mol. The van der Waals surface area contributed by atoms with Crippen molar-refractivity contribution in [3.63, 3.8) is 0 Å². The molecule has 0 amide bonds. The first kappa shape index (κ1) is 17.7. The molecule has 0 unspecified atom stereocenters. The summed E-state index contributed by atoms with van der Waals surface area (Å²) in [7, 11) is 1.63. The molecule has 0 aliphatic carbocycles. The Morgan fingerprint density at radius 1 is 1.29 bits per heavy atom. The van der Waals surface area contributed by atoms with E-state index in [1.807, 2.05) is 24.3 Å². The van der Waals surface area contributed by atoms with E-state index >= 15 is 0 Å². The van der Waals surface area contributed by atoms with Crippen LogP contribution in [0.15, 0.2) is 36.9 Å². The molecule has 1 aromatic rings. The molecule has 5 nitrogen and oxygen atoms in total. The topological polar surface area (TPSA) is 68.2 Å². The van der Waals surface area contributed by atoms with Crippen LogP contribution in [0.4, 0.5) is 0 Å². The normalized spacial score (nSPS) is 13.7. The van der Waals surface area contributed by atoms with Crippen molar-refractivity contribution in [2.75, 3.05) is 26.9 Å². The number of ether oxygens (including phenoxy) is 3. The molecule has 0 spiro atoms. The van der Waals surface area contributed by atoms with E-state index in [1.165, 1.54) is 0 Å². The van der Waals surface area contributed by atoms with Crippen molar-refractivity contribution in [2.45, 2.75) is 25.2 Å². The Morgan fingerprint density at radius 2 is 2.00 bits per heavy atom. The van der Waals surface area contributed by atoms with Gasteiger partial charge in [-0.15, -0.1) is 6.58 Å². The zero-order chi connectivity index (χ0) is 15.5. The quantitative estimate of drug-likeness (QED) is 0.479. The van der Waals surface area contributed by atoms with Crippen molar-refractivity contribution < 1.29 is 24.4 Å². The number of aliphatic hydroxyl groups is 2. The summed E-state index contributed by atoms with van der Waals surface area (Å²) in [6, 6.07) is 7.63. The highest BCUT2D eigenvalue weighted by Crippen LogP contribution is 2.12. The van der Waals surface area contributed by atoms with Crippen LogP contribution in [0.5, 0.6) is 5.75 Å². The molecule has 2 atom stereocenters. The van der Waals surface area contributed by atoms with Crippen molar-refractivity contribution in [3.8, 4) is 5.75 Å². The van der Waals surface area contributed by atoms with Crippen LogP contribution in [-0.4, -0.2) is 49.4 Å². The van der Waals surface area contributed by atoms with Crippen LogP contribution in [0.3, 0.4) is 0 Å². The zero-order valence-electron chi connectivity index (χ0n) is 12.4. The summed E-state index contributed by atoms with van der Waals surface area (Å²) in [6.07, 6.45) is 0.750. The van der Waals surface area contributed by atoms with E-state index < -0.39 is 12.2 Å². The van der Waals surface area contributed by atoms with Crippen LogP contribution >= 0.6 is 0 Å². The van der Waals surface area contributed by atoms with Crippen LogP contribution in [0.1, 0.15) is 12.0 Å². The van der Waals surface area contributed by atoms with Gasteiger partial charge in [0.15, 0.2) is 0 Å². The molecular formula is C16H24O5. The first-order valence-corrected chi connectivity index (χ1v) is 6.93. The van der Waals surface area contributed by atoms with E-state index in [0.29, 0.717) is 26.2 Å². The van der Waals surface area contributed by atoms with Gasteiger partial charge >= 0.3 is 0 Å². The highest BCUT2D eigenvalue weighted by atomic mass is 16.5. The summed E-state index contributed by atoms with van der Waals surface area (Å²) >= 11 is 0. The molecule has 0 saturated carbocycles. The molecule has 1 aromatic carbocycles. The molecule has 0 fully saturated rings. The van der Waals surface area contributed by atoms with Gasteiger partial charge in [-0.05, 0) is 24.1 Å². The average Bonchev–Trinajstić information content (AvgIpc) is 2.54. The third kappa shape index (κ3) is 6.73. The van der Waals surface area contributed by atoms with Gasteiger partial charge in [0.25, 0.3) is 0 Å². The molecule has 0 aromatic heterocycles. The largest absolute Gasteiger partial charge is 0.497 e. The second-order valence-electron chi connectivity index (χ2n) is 4.60. The zero-order valence-corrected chi connectivity index (χ0v) is 12.4. The SMILES string of the molecule is C=CCO[C@@H](CCOCc1ccc(OC)cc1)[C@H](O)CO. The molecule has 1 rings (SSSR count). The third-order valence-corrected chi connectivity index (χ3v) is 3.02. The highest BCUT2D eigenvalue weighted by molar-refractivity contribution is 5.26. The minimum absolute atomic E-state index is 0.333. The predicted molar refractivity (Wildman–Crippen MR) is 80.3 cm³/mol. The Hall–Kier alpha value is -1.40. The molecule has 0 aliphatic heterocycles. The fraction of sp³-hybridized carbons (Fsp3) is 0.500. The number of rotatable bonds is 11.